The number of benzene rings is 3. The lowest BCUT2D eigenvalue weighted by Gasteiger charge is -2.10. The van der Waals surface area contributed by atoms with Gasteiger partial charge in [-0.1, -0.05) is 36.4 Å². The van der Waals surface area contributed by atoms with Gasteiger partial charge in [-0.25, -0.2) is 0 Å². The molecule has 0 aliphatic carbocycles. The molecule has 21 heavy (non-hydrogen) atoms. The highest BCUT2D eigenvalue weighted by Crippen LogP contribution is 2.30. The summed E-state index contributed by atoms with van der Waals surface area (Å²) in [5.41, 5.74) is 5.56. The summed E-state index contributed by atoms with van der Waals surface area (Å²) in [5, 5.41) is 18.8. The van der Waals surface area contributed by atoms with Crippen LogP contribution in [-0.2, 0) is 0 Å². The summed E-state index contributed by atoms with van der Waals surface area (Å²) in [6.45, 7) is 2.07. The molecule has 0 aliphatic heterocycles. The van der Waals surface area contributed by atoms with Crippen molar-refractivity contribution in [3.63, 3.8) is 0 Å². The van der Waals surface area contributed by atoms with E-state index in [2.05, 4.69) is 25.1 Å². The van der Waals surface area contributed by atoms with Crippen molar-refractivity contribution in [1.29, 1.82) is 0 Å². The number of phenols is 2. The van der Waals surface area contributed by atoms with E-state index in [4.69, 9.17) is 0 Å². The topological polar surface area (TPSA) is 40.5 Å². The first-order chi connectivity index (χ1) is 10.1. The molecule has 0 heterocycles. The van der Waals surface area contributed by atoms with Gasteiger partial charge in [-0.2, -0.15) is 0 Å². The van der Waals surface area contributed by atoms with E-state index in [9.17, 15) is 10.2 Å². The molecule has 3 aromatic carbocycles. The average Bonchev–Trinajstić information content (AvgIpc) is 2.50. The van der Waals surface area contributed by atoms with Crippen molar-refractivity contribution in [2.24, 2.45) is 0 Å². The summed E-state index contributed by atoms with van der Waals surface area (Å²) in [7, 11) is 0. The number of rotatable bonds is 2. The monoisotopic (exact) mass is 276 g/mol. The third-order valence-electron chi connectivity index (χ3n) is 3.62. The molecule has 3 rings (SSSR count). The van der Waals surface area contributed by atoms with Crippen LogP contribution in [0.2, 0.25) is 0 Å². The lowest BCUT2D eigenvalue weighted by atomic mass is 9.95. The Labute approximate surface area is 123 Å². The van der Waals surface area contributed by atoms with Gasteiger partial charge >= 0.3 is 0 Å². The lowest BCUT2D eigenvalue weighted by Crippen LogP contribution is -1.85. The van der Waals surface area contributed by atoms with Crippen LogP contribution in [0.4, 0.5) is 0 Å². The predicted octanol–water partition coefficient (Wildman–Crippen LogP) is 4.74. The van der Waals surface area contributed by atoms with Gasteiger partial charge in [-0.05, 0) is 65.1 Å². The zero-order chi connectivity index (χ0) is 14.8. The minimum atomic E-state index is 0.268. The van der Waals surface area contributed by atoms with Crippen LogP contribution in [0.15, 0.2) is 66.7 Å². The Balaban J connectivity index is 2.07. The van der Waals surface area contributed by atoms with Crippen LogP contribution in [0.1, 0.15) is 5.56 Å². The van der Waals surface area contributed by atoms with E-state index in [1.807, 2.05) is 24.3 Å². The normalized spacial score (nSPS) is 10.5. The molecule has 2 heteroatoms. The lowest BCUT2D eigenvalue weighted by molar-refractivity contribution is 0.475. The van der Waals surface area contributed by atoms with E-state index in [0.29, 0.717) is 0 Å². The number of aryl methyl sites for hydroxylation is 1. The molecule has 2 N–H and O–H groups in total. The van der Waals surface area contributed by atoms with E-state index < -0.39 is 0 Å². The average molecular weight is 276 g/mol. The molecule has 2 nitrogen and oxygen atoms in total. The minimum absolute atomic E-state index is 0.268. The summed E-state index contributed by atoms with van der Waals surface area (Å²) in [6.07, 6.45) is 0. The largest absolute Gasteiger partial charge is 0.508 e. The molecule has 104 valence electrons. The third-order valence-corrected chi connectivity index (χ3v) is 3.62. The Bertz CT molecular complexity index is 757. The molecule has 0 unspecified atom stereocenters. The van der Waals surface area contributed by atoms with Gasteiger partial charge in [0.1, 0.15) is 11.5 Å². The van der Waals surface area contributed by atoms with Crippen LogP contribution < -0.4 is 0 Å². The number of hydrogen-bond acceptors (Lipinski definition) is 2. The van der Waals surface area contributed by atoms with Gasteiger partial charge in [0, 0.05) is 0 Å². The van der Waals surface area contributed by atoms with Gasteiger partial charge < -0.3 is 10.2 Å². The summed E-state index contributed by atoms with van der Waals surface area (Å²) in [6, 6.07) is 20.7. The number of phenolic OH excluding ortho intramolecular Hbond substituents is 2. The molecule has 0 amide bonds. The van der Waals surface area contributed by atoms with E-state index in [1.165, 1.54) is 5.56 Å². The third kappa shape index (κ3) is 2.75. The van der Waals surface area contributed by atoms with Crippen molar-refractivity contribution < 1.29 is 10.2 Å². The van der Waals surface area contributed by atoms with Crippen LogP contribution in [0.5, 0.6) is 11.5 Å². The van der Waals surface area contributed by atoms with Crippen molar-refractivity contribution in [2.75, 3.05) is 0 Å². The van der Waals surface area contributed by atoms with Gasteiger partial charge in [-0.15, -0.1) is 0 Å². The standard InChI is InChI=1S/C19H16O2/c1-13-2-3-16(14-4-8-17(20)9-5-14)12-19(13)15-6-10-18(21)11-7-15/h2-12,20-21H,1H3. The SMILES string of the molecule is Cc1ccc(-c2ccc(O)cc2)cc1-c1ccc(O)cc1. The molecule has 0 spiro atoms. The van der Waals surface area contributed by atoms with Gasteiger partial charge in [0.05, 0.1) is 0 Å². The molecule has 3 aromatic rings. The Kier molecular flexibility index (Phi) is 3.36. The fraction of sp³-hybridized carbons (Fsp3) is 0.0526. The van der Waals surface area contributed by atoms with E-state index in [0.717, 1.165) is 22.3 Å². The van der Waals surface area contributed by atoms with E-state index >= 15 is 0 Å². The molecule has 0 aromatic heterocycles. The highest BCUT2D eigenvalue weighted by atomic mass is 16.3. The molecule has 0 aliphatic rings. The fourth-order valence-electron chi connectivity index (χ4n) is 2.41. The zero-order valence-electron chi connectivity index (χ0n) is 11.7. The van der Waals surface area contributed by atoms with Crippen molar-refractivity contribution in [2.45, 2.75) is 6.92 Å². The molecular formula is C19H16O2. The van der Waals surface area contributed by atoms with Gasteiger partial charge in [-0.3, -0.25) is 0 Å². The maximum absolute atomic E-state index is 9.41. The Morgan fingerprint density at radius 3 is 1.62 bits per heavy atom. The van der Waals surface area contributed by atoms with Crippen molar-refractivity contribution in [1.82, 2.24) is 0 Å². The molecule has 0 radical (unpaired) electrons. The first-order valence-corrected chi connectivity index (χ1v) is 6.83. The van der Waals surface area contributed by atoms with Gasteiger partial charge in [0.15, 0.2) is 0 Å². The second kappa shape index (κ2) is 5.33. The molecule has 0 atom stereocenters. The van der Waals surface area contributed by atoms with E-state index in [1.54, 1.807) is 24.3 Å². The zero-order valence-corrected chi connectivity index (χ0v) is 11.7. The van der Waals surface area contributed by atoms with Crippen LogP contribution in [-0.4, -0.2) is 10.2 Å². The van der Waals surface area contributed by atoms with Gasteiger partial charge in [0.2, 0.25) is 0 Å². The van der Waals surface area contributed by atoms with Crippen LogP contribution in [0, 0.1) is 6.92 Å². The smallest absolute Gasteiger partial charge is 0.115 e. The number of hydrogen-bond donors (Lipinski definition) is 2. The summed E-state index contributed by atoms with van der Waals surface area (Å²) < 4.78 is 0. The highest BCUT2D eigenvalue weighted by Gasteiger charge is 2.05. The molecular weight excluding hydrogens is 260 g/mol. The summed E-state index contributed by atoms with van der Waals surface area (Å²) in [4.78, 5) is 0. The van der Waals surface area contributed by atoms with E-state index in [-0.39, 0.29) is 11.5 Å². The Morgan fingerprint density at radius 1 is 0.571 bits per heavy atom. The van der Waals surface area contributed by atoms with Crippen LogP contribution in [0.25, 0.3) is 22.3 Å². The summed E-state index contributed by atoms with van der Waals surface area (Å²) >= 11 is 0. The van der Waals surface area contributed by atoms with Crippen LogP contribution >= 0.6 is 0 Å². The fourth-order valence-corrected chi connectivity index (χ4v) is 2.41. The predicted molar refractivity (Wildman–Crippen MR) is 85.4 cm³/mol. The van der Waals surface area contributed by atoms with Crippen LogP contribution in [0.3, 0.4) is 0 Å². The Morgan fingerprint density at radius 2 is 1.05 bits per heavy atom. The van der Waals surface area contributed by atoms with Crippen molar-refractivity contribution in [3.05, 3.63) is 72.3 Å². The second-order valence-electron chi connectivity index (χ2n) is 5.12. The first-order valence-electron chi connectivity index (χ1n) is 6.83. The molecule has 0 saturated carbocycles. The quantitative estimate of drug-likeness (QED) is 0.709. The molecule has 0 saturated heterocycles. The first kappa shape index (κ1) is 13.3. The Hall–Kier alpha value is -2.74. The molecule has 0 bridgehead atoms. The maximum Gasteiger partial charge on any atom is 0.115 e. The van der Waals surface area contributed by atoms with Crippen molar-refractivity contribution in [3.8, 4) is 33.8 Å². The summed E-state index contributed by atoms with van der Waals surface area (Å²) in [5.74, 6) is 0.538. The second-order valence-corrected chi connectivity index (χ2v) is 5.12. The molecule has 0 fully saturated rings. The van der Waals surface area contributed by atoms with Crippen molar-refractivity contribution >= 4 is 0 Å². The van der Waals surface area contributed by atoms with Gasteiger partial charge in [0.25, 0.3) is 0 Å². The highest BCUT2D eigenvalue weighted by molar-refractivity contribution is 5.75. The minimum Gasteiger partial charge on any atom is -0.508 e. The number of aromatic hydroxyl groups is 2. The maximum atomic E-state index is 9.41.